The molecule has 0 fully saturated rings. The summed E-state index contributed by atoms with van der Waals surface area (Å²) in [6, 6.07) is 9.45. The predicted molar refractivity (Wildman–Crippen MR) is 76.9 cm³/mol. The topological polar surface area (TPSA) is 53.1 Å². The van der Waals surface area contributed by atoms with Gasteiger partial charge in [0.15, 0.2) is 0 Å². The Hall–Kier alpha value is -2.00. The van der Waals surface area contributed by atoms with Gasteiger partial charge in [-0.05, 0) is 36.2 Å². The van der Waals surface area contributed by atoms with Crippen molar-refractivity contribution in [3.63, 3.8) is 0 Å². The van der Waals surface area contributed by atoms with Crippen molar-refractivity contribution in [3.05, 3.63) is 46.5 Å². The van der Waals surface area contributed by atoms with E-state index < -0.39 is 5.97 Å². The van der Waals surface area contributed by atoms with E-state index in [-0.39, 0.29) is 6.42 Å². The van der Waals surface area contributed by atoms with Gasteiger partial charge in [-0.25, -0.2) is 0 Å². The largest absolute Gasteiger partial charge is 0.481 e. The quantitative estimate of drug-likeness (QED) is 0.744. The number of hydrogen-bond acceptors (Lipinski definition) is 1. The highest BCUT2D eigenvalue weighted by Crippen LogP contribution is 2.34. The third-order valence-corrected chi connectivity index (χ3v) is 3.82. The van der Waals surface area contributed by atoms with Gasteiger partial charge in [0.2, 0.25) is 0 Å². The zero-order valence-corrected chi connectivity index (χ0v) is 11.1. The minimum Gasteiger partial charge on any atom is -0.481 e. The van der Waals surface area contributed by atoms with Crippen LogP contribution in [0.15, 0.2) is 30.3 Å². The molecule has 4 heteroatoms. The third kappa shape index (κ3) is 1.87. The summed E-state index contributed by atoms with van der Waals surface area (Å²) in [6.07, 6.45) is 0.0102. The fourth-order valence-electron chi connectivity index (χ4n) is 2.57. The lowest BCUT2D eigenvalue weighted by molar-refractivity contribution is -0.136. The molecule has 3 nitrogen and oxygen atoms in total. The SMILES string of the molecule is Cc1c(Cl)ccc2[nH]c3cccc(CC(=O)O)c3c12. The van der Waals surface area contributed by atoms with Crippen LogP contribution in [0.3, 0.4) is 0 Å². The summed E-state index contributed by atoms with van der Waals surface area (Å²) >= 11 is 6.17. The highest BCUT2D eigenvalue weighted by Gasteiger charge is 2.13. The highest BCUT2D eigenvalue weighted by molar-refractivity contribution is 6.33. The normalized spacial score (nSPS) is 11.3. The molecule has 96 valence electrons. The zero-order chi connectivity index (χ0) is 13.6. The Morgan fingerprint density at radius 2 is 1.95 bits per heavy atom. The molecule has 0 aliphatic heterocycles. The van der Waals surface area contributed by atoms with Crippen molar-refractivity contribution in [2.45, 2.75) is 13.3 Å². The van der Waals surface area contributed by atoms with Crippen molar-refractivity contribution in [1.82, 2.24) is 4.98 Å². The number of H-pyrrole nitrogens is 1. The molecule has 0 saturated heterocycles. The lowest BCUT2D eigenvalue weighted by Crippen LogP contribution is -2.00. The van der Waals surface area contributed by atoms with Crippen molar-refractivity contribution in [2.24, 2.45) is 0 Å². The second kappa shape index (κ2) is 4.28. The van der Waals surface area contributed by atoms with Crippen LogP contribution < -0.4 is 0 Å². The highest BCUT2D eigenvalue weighted by atomic mass is 35.5. The maximum atomic E-state index is 11.0. The molecule has 3 rings (SSSR count). The van der Waals surface area contributed by atoms with E-state index in [1.165, 1.54) is 0 Å². The molecule has 0 amide bonds. The van der Waals surface area contributed by atoms with Crippen LogP contribution in [0.4, 0.5) is 0 Å². The second-order valence-electron chi connectivity index (χ2n) is 4.63. The number of carbonyl (C=O) groups is 1. The van der Waals surface area contributed by atoms with E-state index in [0.717, 1.165) is 32.9 Å². The van der Waals surface area contributed by atoms with Gasteiger partial charge >= 0.3 is 5.97 Å². The molecule has 1 aromatic heterocycles. The number of aliphatic carboxylic acids is 1. The summed E-state index contributed by atoms with van der Waals surface area (Å²) in [6.45, 7) is 1.95. The Morgan fingerprint density at radius 1 is 1.21 bits per heavy atom. The molecule has 2 aromatic carbocycles. The summed E-state index contributed by atoms with van der Waals surface area (Å²) in [5, 5.41) is 11.7. The van der Waals surface area contributed by atoms with Crippen molar-refractivity contribution in [1.29, 1.82) is 0 Å². The molecule has 0 saturated carbocycles. The fraction of sp³-hybridized carbons (Fsp3) is 0.133. The van der Waals surface area contributed by atoms with Gasteiger partial charge in [0.05, 0.1) is 6.42 Å². The summed E-state index contributed by atoms with van der Waals surface area (Å²) in [5.74, 6) is -0.832. The van der Waals surface area contributed by atoms with Gasteiger partial charge in [0.25, 0.3) is 0 Å². The molecule has 0 spiro atoms. The summed E-state index contributed by atoms with van der Waals surface area (Å²) in [5.41, 5.74) is 3.71. The number of carboxylic acid groups (broad SMARTS) is 1. The van der Waals surface area contributed by atoms with Crippen LogP contribution >= 0.6 is 11.6 Å². The van der Waals surface area contributed by atoms with E-state index in [1.807, 2.05) is 37.3 Å². The molecule has 3 aromatic rings. The van der Waals surface area contributed by atoms with Crippen molar-refractivity contribution in [3.8, 4) is 0 Å². The second-order valence-corrected chi connectivity index (χ2v) is 5.04. The standard InChI is InChI=1S/C15H12ClNO2/c1-8-10(16)5-6-12-14(8)15-9(7-13(18)19)3-2-4-11(15)17-12/h2-6,17H,7H2,1H3,(H,18,19). The molecule has 0 aliphatic rings. The molecule has 0 aliphatic carbocycles. The third-order valence-electron chi connectivity index (χ3n) is 3.41. The Labute approximate surface area is 114 Å². The minimum atomic E-state index is -0.832. The maximum absolute atomic E-state index is 11.0. The van der Waals surface area contributed by atoms with Gasteiger partial charge in [0.1, 0.15) is 0 Å². The van der Waals surface area contributed by atoms with Gasteiger partial charge in [-0.3, -0.25) is 4.79 Å². The monoisotopic (exact) mass is 273 g/mol. The summed E-state index contributed by atoms with van der Waals surface area (Å²) in [4.78, 5) is 14.3. The van der Waals surface area contributed by atoms with E-state index in [4.69, 9.17) is 16.7 Å². The van der Waals surface area contributed by atoms with Crippen LogP contribution in [-0.4, -0.2) is 16.1 Å². The molecule has 19 heavy (non-hydrogen) atoms. The first kappa shape index (κ1) is 12.1. The van der Waals surface area contributed by atoms with Crippen LogP contribution in [0.1, 0.15) is 11.1 Å². The van der Waals surface area contributed by atoms with E-state index in [0.29, 0.717) is 5.02 Å². The van der Waals surface area contributed by atoms with Gasteiger partial charge in [-0.1, -0.05) is 23.7 Å². The first-order valence-corrected chi connectivity index (χ1v) is 6.36. The minimum absolute atomic E-state index is 0.0102. The number of fused-ring (bicyclic) bond motifs is 3. The lowest BCUT2D eigenvalue weighted by Gasteiger charge is -2.04. The van der Waals surface area contributed by atoms with Crippen molar-refractivity contribution >= 4 is 39.4 Å². The molecule has 1 heterocycles. The van der Waals surface area contributed by atoms with Crippen LogP contribution in [-0.2, 0) is 11.2 Å². The number of hydrogen-bond donors (Lipinski definition) is 2. The van der Waals surface area contributed by atoms with Crippen LogP contribution in [0.25, 0.3) is 21.8 Å². The van der Waals surface area contributed by atoms with Gasteiger partial charge < -0.3 is 10.1 Å². The van der Waals surface area contributed by atoms with Crippen LogP contribution in [0.2, 0.25) is 5.02 Å². The number of nitrogens with one attached hydrogen (secondary N) is 1. The van der Waals surface area contributed by atoms with E-state index in [9.17, 15) is 4.79 Å². The van der Waals surface area contributed by atoms with Crippen molar-refractivity contribution in [2.75, 3.05) is 0 Å². The number of benzene rings is 2. The number of halogens is 1. The molecule has 0 unspecified atom stereocenters. The first-order chi connectivity index (χ1) is 9.08. The number of carboxylic acids is 1. The zero-order valence-electron chi connectivity index (χ0n) is 10.3. The van der Waals surface area contributed by atoms with Gasteiger partial charge in [-0.15, -0.1) is 0 Å². The lowest BCUT2D eigenvalue weighted by atomic mass is 10.0. The maximum Gasteiger partial charge on any atom is 0.307 e. The van der Waals surface area contributed by atoms with Crippen LogP contribution in [0, 0.1) is 6.92 Å². The van der Waals surface area contributed by atoms with Crippen molar-refractivity contribution < 1.29 is 9.90 Å². The Balaban J connectivity index is 2.46. The number of rotatable bonds is 2. The molecular weight excluding hydrogens is 262 g/mol. The van der Waals surface area contributed by atoms with E-state index >= 15 is 0 Å². The molecule has 2 N–H and O–H groups in total. The average molecular weight is 274 g/mol. The average Bonchev–Trinajstić information content (AvgIpc) is 2.73. The number of aromatic amines is 1. The molecule has 0 atom stereocenters. The van der Waals surface area contributed by atoms with Gasteiger partial charge in [-0.2, -0.15) is 0 Å². The predicted octanol–water partition coefficient (Wildman–Crippen LogP) is 3.91. The Morgan fingerprint density at radius 3 is 2.68 bits per heavy atom. The first-order valence-electron chi connectivity index (χ1n) is 5.98. The molecule has 0 radical (unpaired) electrons. The van der Waals surface area contributed by atoms with Gasteiger partial charge in [0, 0.05) is 26.8 Å². The van der Waals surface area contributed by atoms with E-state index in [1.54, 1.807) is 0 Å². The smallest absolute Gasteiger partial charge is 0.307 e. The van der Waals surface area contributed by atoms with Crippen LogP contribution in [0.5, 0.6) is 0 Å². The van der Waals surface area contributed by atoms with E-state index in [2.05, 4.69) is 4.98 Å². The summed E-state index contributed by atoms with van der Waals surface area (Å²) in [7, 11) is 0. The Bertz CT molecular complexity index is 805. The number of aryl methyl sites for hydroxylation is 1. The summed E-state index contributed by atoms with van der Waals surface area (Å²) < 4.78 is 0. The molecular formula is C15H12ClNO2. The number of aromatic nitrogens is 1. The Kier molecular flexibility index (Phi) is 2.72. The fourth-order valence-corrected chi connectivity index (χ4v) is 2.72. The molecule has 0 bridgehead atoms.